The van der Waals surface area contributed by atoms with Gasteiger partial charge in [0.25, 0.3) is 5.78 Å². The Morgan fingerprint density at radius 2 is 1.66 bits per heavy atom. The zero-order valence-electron chi connectivity index (χ0n) is 24.4. The largest absolute Gasteiger partial charge is 0.475 e. The third-order valence-corrected chi connectivity index (χ3v) is 9.36. The zero-order chi connectivity index (χ0) is 29.9. The van der Waals surface area contributed by atoms with Gasteiger partial charge < -0.3 is 25.4 Å². The molecule has 5 atom stereocenters. The number of ketones is 1. The molecule has 0 radical (unpaired) electrons. The monoisotopic (exact) mass is 567 g/mol. The Morgan fingerprint density at radius 3 is 2.20 bits per heavy atom. The van der Waals surface area contributed by atoms with E-state index in [1.165, 1.54) is 0 Å². The van der Waals surface area contributed by atoms with Crippen LogP contribution in [-0.2, 0) is 36.8 Å². The maximum atomic E-state index is 14.3. The molecule has 1 aromatic rings. The van der Waals surface area contributed by atoms with E-state index < -0.39 is 47.5 Å². The van der Waals surface area contributed by atoms with Crippen molar-refractivity contribution < 1.29 is 33.8 Å². The molecular weight excluding hydrogens is 526 g/mol. The van der Waals surface area contributed by atoms with Crippen LogP contribution in [0.2, 0.25) is 0 Å². The van der Waals surface area contributed by atoms with Crippen molar-refractivity contribution in [2.45, 2.75) is 90.4 Å². The third-order valence-electron chi connectivity index (χ3n) is 9.36. The molecule has 41 heavy (non-hydrogen) atoms. The number of benzene rings is 1. The van der Waals surface area contributed by atoms with Crippen molar-refractivity contribution in [2.24, 2.45) is 29.1 Å². The molecule has 10 nitrogen and oxygen atoms in total. The first-order chi connectivity index (χ1) is 19.2. The van der Waals surface area contributed by atoms with E-state index in [0.29, 0.717) is 19.4 Å². The van der Waals surface area contributed by atoms with Crippen molar-refractivity contribution in [2.75, 3.05) is 6.54 Å². The zero-order valence-corrected chi connectivity index (χ0v) is 24.4. The van der Waals surface area contributed by atoms with E-state index in [4.69, 9.17) is 4.74 Å². The van der Waals surface area contributed by atoms with Crippen LogP contribution in [0, 0.1) is 29.1 Å². The summed E-state index contributed by atoms with van der Waals surface area (Å²) in [6.07, 6.45) is 2.57. The van der Waals surface area contributed by atoms with Gasteiger partial charge in [-0.2, -0.15) is 0 Å². The number of piperidine rings is 1. The number of ether oxygens (including phenoxy) is 1. The molecule has 4 aliphatic rings. The minimum atomic E-state index is -1.58. The van der Waals surface area contributed by atoms with Crippen LogP contribution in [0.25, 0.3) is 0 Å². The second-order valence-corrected chi connectivity index (χ2v) is 13.9. The van der Waals surface area contributed by atoms with Crippen molar-refractivity contribution >= 4 is 29.7 Å². The van der Waals surface area contributed by atoms with Crippen molar-refractivity contribution in [3.05, 3.63) is 35.4 Å². The molecule has 10 heteroatoms. The average Bonchev–Trinajstić information content (AvgIpc) is 3.63. The number of nitrogens with zero attached hydrogens (tertiary/aromatic N) is 1. The normalized spacial score (nSPS) is 25.9. The number of amides is 3. The highest BCUT2D eigenvalue weighted by Gasteiger charge is 2.70. The summed E-state index contributed by atoms with van der Waals surface area (Å²) in [6.45, 7) is 9.71. The lowest BCUT2D eigenvalue weighted by atomic mass is 9.93. The number of likely N-dealkylation sites (tertiary alicyclic amines) is 1. The highest BCUT2D eigenvalue weighted by molar-refractivity contribution is 6.35. The average molecular weight is 568 g/mol. The number of Topliss-reactive ketones (excluding diaryl/α,β-unsaturated/α-hetero) is 1. The Morgan fingerprint density at radius 1 is 1.05 bits per heavy atom. The van der Waals surface area contributed by atoms with E-state index in [2.05, 4.69) is 24.5 Å². The van der Waals surface area contributed by atoms with Crippen LogP contribution in [0.5, 0.6) is 0 Å². The van der Waals surface area contributed by atoms with Gasteiger partial charge in [-0.1, -0.05) is 51.0 Å². The topological polar surface area (TPSA) is 142 Å². The second-order valence-electron chi connectivity index (χ2n) is 13.9. The third kappa shape index (κ3) is 5.97. The number of hydrogen-bond donors (Lipinski definition) is 3. The number of fused-ring (bicyclic) bond motifs is 2. The SMILES string of the molecule is CC(C)(C)OC(=O)NC(C(=O)N1C[C@H]2[C@@H]([C@H]1C(=O)NC(CC1CC1)C(=O)C(=O)O)C2(C)C)C1Cc2ccccc2C1. The quantitative estimate of drug-likeness (QED) is 0.390. The number of carboxylic acid groups (broad SMARTS) is 1. The van der Waals surface area contributed by atoms with E-state index >= 15 is 0 Å². The minimum Gasteiger partial charge on any atom is -0.475 e. The number of nitrogens with one attached hydrogen (secondary N) is 2. The van der Waals surface area contributed by atoms with E-state index in [9.17, 15) is 29.1 Å². The Bertz CT molecular complexity index is 1240. The van der Waals surface area contributed by atoms with Crippen LogP contribution in [-0.4, -0.2) is 69.9 Å². The Labute approximate surface area is 240 Å². The molecule has 0 spiro atoms. The lowest BCUT2D eigenvalue weighted by Gasteiger charge is -2.35. The van der Waals surface area contributed by atoms with Gasteiger partial charge in [0.1, 0.15) is 17.7 Å². The molecule has 2 unspecified atom stereocenters. The maximum Gasteiger partial charge on any atom is 0.408 e. The molecule has 222 valence electrons. The number of aliphatic carboxylic acids is 1. The van der Waals surface area contributed by atoms with Gasteiger partial charge in [0.15, 0.2) is 0 Å². The van der Waals surface area contributed by atoms with E-state index in [1.54, 1.807) is 25.7 Å². The molecule has 0 bridgehead atoms. The fourth-order valence-corrected chi connectivity index (χ4v) is 6.96. The summed E-state index contributed by atoms with van der Waals surface area (Å²) in [7, 11) is 0. The van der Waals surface area contributed by atoms with Crippen LogP contribution in [0.4, 0.5) is 4.79 Å². The van der Waals surface area contributed by atoms with Crippen LogP contribution in [0.3, 0.4) is 0 Å². The van der Waals surface area contributed by atoms with Crippen molar-refractivity contribution in [3.8, 4) is 0 Å². The van der Waals surface area contributed by atoms with Crippen molar-refractivity contribution in [3.63, 3.8) is 0 Å². The number of carbonyl (C=O) groups excluding carboxylic acids is 4. The first kappa shape index (κ1) is 29.1. The molecule has 3 N–H and O–H groups in total. The molecule has 1 saturated heterocycles. The summed E-state index contributed by atoms with van der Waals surface area (Å²) in [5, 5.41) is 14.9. The summed E-state index contributed by atoms with van der Waals surface area (Å²) >= 11 is 0. The molecule has 0 aromatic heterocycles. The predicted octanol–water partition coefficient (Wildman–Crippen LogP) is 2.72. The predicted molar refractivity (Wildman–Crippen MR) is 149 cm³/mol. The fraction of sp³-hybridized carbons (Fsp3) is 0.645. The molecule has 3 amide bonds. The summed E-state index contributed by atoms with van der Waals surface area (Å²) in [6, 6.07) is 5.03. The maximum absolute atomic E-state index is 14.3. The molecule has 3 fully saturated rings. The second kappa shape index (κ2) is 10.4. The Kier molecular flexibility index (Phi) is 7.40. The fourth-order valence-electron chi connectivity index (χ4n) is 6.96. The number of carbonyl (C=O) groups is 5. The lowest BCUT2D eigenvalue weighted by molar-refractivity contribution is -0.151. The van der Waals surface area contributed by atoms with Gasteiger partial charge in [-0.15, -0.1) is 0 Å². The number of hydrogen-bond acceptors (Lipinski definition) is 6. The van der Waals surface area contributed by atoms with Gasteiger partial charge in [0.05, 0.1) is 6.04 Å². The Balaban J connectivity index is 1.39. The summed E-state index contributed by atoms with van der Waals surface area (Å²) in [5.41, 5.74) is 1.30. The van der Waals surface area contributed by atoms with Crippen molar-refractivity contribution in [1.29, 1.82) is 0 Å². The summed E-state index contributed by atoms with van der Waals surface area (Å²) in [4.78, 5) is 66.5. The van der Waals surface area contributed by atoms with Gasteiger partial charge >= 0.3 is 12.1 Å². The van der Waals surface area contributed by atoms with E-state index in [0.717, 1.165) is 24.0 Å². The van der Waals surface area contributed by atoms with E-state index in [1.807, 2.05) is 24.3 Å². The van der Waals surface area contributed by atoms with Gasteiger partial charge in [-0.05, 0) is 80.2 Å². The van der Waals surface area contributed by atoms with Gasteiger partial charge in [0, 0.05) is 6.54 Å². The molecule has 1 aromatic carbocycles. The van der Waals surface area contributed by atoms with E-state index in [-0.39, 0.29) is 41.4 Å². The standard InChI is InChI=1S/C31H41N3O7/c1-30(2,3)41-29(40)33-23(19-13-17-8-6-7-9-18(17)14-19)27(37)34-15-20-22(31(20,4)5)24(34)26(36)32-21(12-16-10-11-16)25(35)28(38)39/h6-9,16,19-24H,10-15H2,1-5H3,(H,32,36)(H,33,40)(H,38,39)/t20-,21?,22-,23?,24-/m0/s1. The minimum absolute atomic E-state index is 0.0854. The molecule has 3 aliphatic carbocycles. The van der Waals surface area contributed by atoms with Gasteiger partial charge in [-0.3, -0.25) is 14.4 Å². The number of rotatable bonds is 9. The summed E-state index contributed by atoms with van der Waals surface area (Å²) < 4.78 is 5.51. The first-order valence-corrected chi connectivity index (χ1v) is 14.6. The van der Waals surface area contributed by atoms with Crippen LogP contribution < -0.4 is 10.6 Å². The molecule has 2 saturated carbocycles. The summed E-state index contributed by atoms with van der Waals surface area (Å²) in [5.74, 6) is -3.55. The number of alkyl carbamates (subject to hydrolysis) is 1. The van der Waals surface area contributed by atoms with Crippen molar-refractivity contribution in [1.82, 2.24) is 15.5 Å². The highest BCUT2D eigenvalue weighted by Crippen LogP contribution is 2.65. The van der Waals surface area contributed by atoms with Gasteiger partial charge in [0.2, 0.25) is 11.8 Å². The number of carboxylic acids is 1. The molecular formula is C31H41N3O7. The smallest absolute Gasteiger partial charge is 0.408 e. The first-order valence-electron chi connectivity index (χ1n) is 14.6. The molecule has 1 aliphatic heterocycles. The van der Waals surface area contributed by atoms with Crippen LogP contribution in [0.15, 0.2) is 24.3 Å². The molecule has 5 rings (SSSR count). The highest BCUT2D eigenvalue weighted by atomic mass is 16.6. The van der Waals surface area contributed by atoms with Crippen LogP contribution >= 0.6 is 0 Å². The molecule has 1 heterocycles. The Hall–Kier alpha value is -3.43. The van der Waals surface area contributed by atoms with Crippen LogP contribution in [0.1, 0.15) is 65.0 Å². The van der Waals surface area contributed by atoms with Gasteiger partial charge in [-0.25, -0.2) is 9.59 Å². The lowest BCUT2D eigenvalue weighted by Crippen LogP contribution is -2.59.